The van der Waals surface area contributed by atoms with Crippen molar-refractivity contribution in [2.24, 2.45) is 5.73 Å². The minimum Gasteiger partial charge on any atom is -0.366 e. The molecule has 0 saturated heterocycles. The Morgan fingerprint density at radius 1 is 1.54 bits per heavy atom. The van der Waals surface area contributed by atoms with Gasteiger partial charge in [0.15, 0.2) is 6.29 Å². The minimum atomic E-state index is -0.568. The van der Waals surface area contributed by atoms with Gasteiger partial charge >= 0.3 is 0 Å². The number of nitrogens with two attached hydrogens (primary N) is 1. The molecule has 0 heterocycles. The van der Waals surface area contributed by atoms with Gasteiger partial charge in [0.1, 0.15) is 0 Å². The van der Waals surface area contributed by atoms with Gasteiger partial charge in [0.05, 0.1) is 0 Å². The van der Waals surface area contributed by atoms with Crippen molar-refractivity contribution in [2.45, 2.75) is 6.92 Å². The number of hydrogen-bond donors (Lipinski definition) is 1. The van der Waals surface area contributed by atoms with Gasteiger partial charge in [-0.25, -0.2) is 0 Å². The van der Waals surface area contributed by atoms with Gasteiger partial charge in [-0.15, -0.1) is 0 Å². The average molecular weight is 289 g/mol. The first kappa shape index (κ1) is 10.2. The molecule has 0 saturated carbocycles. The Kier molecular flexibility index (Phi) is 3.02. The third-order valence-corrected chi connectivity index (χ3v) is 2.89. The van der Waals surface area contributed by atoms with Crippen LogP contribution in [0.25, 0.3) is 0 Å². The molecule has 0 radical (unpaired) electrons. The molecule has 68 valence electrons. The van der Waals surface area contributed by atoms with Crippen LogP contribution >= 0.6 is 22.6 Å². The Bertz CT molecular complexity index is 374. The number of hydrogen-bond acceptors (Lipinski definition) is 2. The number of amides is 1. The molecule has 1 aromatic carbocycles. The van der Waals surface area contributed by atoms with Crippen LogP contribution in [0.1, 0.15) is 26.3 Å². The summed E-state index contributed by atoms with van der Waals surface area (Å²) in [7, 11) is 0. The summed E-state index contributed by atoms with van der Waals surface area (Å²) in [5.41, 5.74) is 6.69. The van der Waals surface area contributed by atoms with Crippen LogP contribution in [0.3, 0.4) is 0 Å². The Balaban J connectivity index is 3.41. The van der Waals surface area contributed by atoms with Gasteiger partial charge in [0.2, 0.25) is 5.91 Å². The van der Waals surface area contributed by atoms with Crippen molar-refractivity contribution in [3.8, 4) is 0 Å². The largest absolute Gasteiger partial charge is 0.366 e. The summed E-state index contributed by atoms with van der Waals surface area (Å²) < 4.78 is 0.949. The van der Waals surface area contributed by atoms with Crippen molar-refractivity contribution < 1.29 is 9.59 Å². The molecule has 0 aliphatic carbocycles. The van der Waals surface area contributed by atoms with Crippen LogP contribution in [-0.4, -0.2) is 12.2 Å². The van der Waals surface area contributed by atoms with E-state index in [2.05, 4.69) is 22.6 Å². The average Bonchev–Trinajstić information content (AvgIpc) is 2.08. The number of carbonyl (C=O) groups is 2. The van der Waals surface area contributed by atoms with Crippen LogP contribution in [0.15, 0.2) is 12.1 Å². The summed E-state index contributed by atoms with van der Waals surface area (Å²) in [4.78, 5) is 21.5. The maximum absolute atomic E-state index is 10.9. The Labute approximate surface area is 89.5 Å². The van der Waals surface area contributed by atoms with Crippen molar-refractivity contribution in [3.05, 3.63) is 32.4 Å². The van der Waals surface area contributed by atoms with Gasteiger partial charge < -0.3 is 5.73 Å². The third kappa shape index (κ3) is 2.06. The van der Waals surface area contributed by atoms with E-state index in [-0.39, 0.29) is 5.56 Å². The molecule has 0 fully saturated rings. The van der Waals surface area contributed by atoms with Crippen molar-refractivity contribution >= 4 is 34.8 Å². The highest BCUT2D eigenvalue weighted by atomic mass is 127. The molecule has 0 aliphatic heterocycles. The first-order valence-electron chi connectivity index (χ1n) is 3.61. The van der Waals surface area contributed by atoms with Crippen LogP contribution in [0.2, 0.25) is 0 Å². The number of benzene rings is 1. The number of rotatable bonds is 2. The molecule has 1 aromatic rings. The summed E-state index contributed by atoms with van der Waals surface area (Å²) >= 11 is 2.10. The van der Waals surface area contributed by atoms with E-state index in [1.54, 1.807) is 12.1 Å². The van der Waals surface area contributed by atoms with Gasteiger partial charge in [-0.3, -0.25) is 9.59 Å². The number of primary amides is 1. The molecule has 0 bridgehead atoms. The first-order valence-corrected chi connectivity index (χ1v) is 4.69. The smallest absolute Gasteiger partial charge is 0.249 e. The maximum Gasteiger partial charge on any atom is 0.249 e. The standard InChI is InChI=1S/C9H8INO2/c1-5-2-7(9(11)13)6(4-12)3-8(5)10/h2-4H,1H3,(H2,11,13). The van der Waals surface area contributed by atoms with Crippen LogP contribution in [0.4, 0.5) is 0 Å². The molecular formula is C9H8INO2. The van der Waals surface area contributed by atoms with E-state index in [1.807, 2.05) is 6.92 Å². The summed E-state index contributed by atoms with van der Waals surface area (Å²) in [5, 5.41) is 0. The van der Waals surface area contributed by atoms with Crippen LogP contribution in [-0.2, 0) is 0 Å². The molecule has 1 rings (SSSR count). The lowest BCUT2D eigenvalue weighted by atomic mass is 10.1. The summed E-state index contributed by atoms with van der Waals surface area (Å²) in [5.74, 6) is -0.568. The van der Waals surface area contributed by atoms with Crippen LogP contribution in [0.5, 0.6) is 0 Å². The molecule has 0 atom stereocenters. The molecule has 2 N–H and O–H groups in total. The van der Waals surface area contributed by atoms with Gasteiger partial charge in [0, 0.05) is 14.7 Å². The van der Waals surface area contributed by atoms with E-state index in [4.69, 9.17) is 5.73 Å². The SMILES string of the molecule is Cc1cc(C(N)=O)c(C=O)cc1I. The quantitative estimate of drug-likeness (QED) is 0.662. The highest BCUT2D eigenvalue weighted by Gasteiger charge is 2.09. The van der Waals surface area contributed by atoms with Gasteiger partial charge in [0.25, 0.3) is 0 Å². The first-order chi connectivity index (χ1) is 6.06. The topological polar surface area (TPSA) is 60.2 Å². The molecule has 1 amide bonds. The van der Waals surface area contributed by atoms with Crippen molar-refractivity contribution in [2.75, 3.05) is 0 Å². The van der Waals surface area contributed by atoms with Crippen LogP contribution in [0, 0.1) is 10.5 Å². The normalized spacial score (nSPS) is 9.69. The van der Waals surface area contributed by atoms with Crippen molar-refractivity contribution in [1.82, 2.24) is 0 Å². The summed E-state index contributed by atoms with van der Waals surface area (Å²) in [6.45, 7) is 1.86. The van der Waals surface area contributed by atoms with E-state index in [0.29, 0.717) is 11.8 Å². The molecule has 0 aliphatic rings. The van der Waals surface area contributed by atoms with E-state index < -0.39 is 5.91 Å². The molecular weight excluding hydrogens is 281 g/mol. The second kappa shape index (κ2) is 3.87. The molecule has 13 heavy (non-hydrogen) atoms. The zero-order valence-corrected chi connectivity index (χ0v) is 9.16. The van der Waals surface area contributed by atoms with E-state index >= 15 is 0 Å². The fourth-order valence-corrected chi connectivity index (χ4v) is 1.50. The molecule has 4 heteroatoms. The fourth-order valence-electron chi connectivity index (χ4n) is 1.01. The number of carbonyl (C=O) groups excluding carboxylic acids is 2. The summed E-state index contributed by atoms with van der Waals surface area (Å²) in [6, 6.07) is 3.29. The second-order valence-electron chi connectivity index (χ2n) is 2.67. The predicted molar refractivity (Wildman–Crippen MR) is 57.8 cm³/mol. The number of halogens is 1. The number of aldehydes is 1. The summed E-state index contributed by atoms with van der Waals surface area (Å²) in [6.07, 6.45) is 0.641. The molecule has 0 aromatic heterocycles. The second-order valence-corrected chi connectivity index (χ2v) is 3.83. The van der Waals surface area contributed by atoms with Gasteiger partial charge in [-0.05, 0) is 47.2 Å². The molecule has 3 nitrogen and oxygen atoms in total. The van der Waals surface area contributed by atoms with Crippen molar-refractivity contribution in [3.63, 3.8) is 0 Å². The van der Waals surface area contributed by atoms with Gasteiger partial charge in [-0.1, -0.05) is 0 Å². The third-order valence-electron chi connectivity index (χ3n) is 1.72. The van der Waals surface area contributed by atoms with E-state index in [1.165, 1.54) is 0 Å². The minimum absolute atomic E-state index is 0.285. The lowest BCUT2D eigenvalue weighted by Gasteiger charge is -2.03. The fraction of sp³-hybridized carbons (Fsp3) is 0.111. The van der Waals surface area contributed by atoms with Gasteiger partial charge in [-0.2, -0.15) is 0 Å². The Hall–Kier alpha value is -0.910. The van der Waals surface area contributed by atoms with Crippen molar-refractivity contribution in [1.29, 1.82) is 0 Å². The van der Waals surface area contributed by atoms with E-state index in [0.717, 1.165) is 9.13 Å². The lowest BCUT2D eigenvalue weighted by Crippen LogP contribution is -2.14. The molecule has 0 unspecified atom stereocenters. The zero-order chi connectivity index (χ0) is 10.0. The highest BCUT2D eigenvalue weighted by Crippen LogP contribution is 2.16. The Morgan fingerprint density at radius 2 is 2.15 bits per heavy atom. The highest BCUT2D eigenvalue weighted by molar-refractivity contribution is 14.1. The van der Waals surface area contributed by atoms with E-state index in [9.17, 15) is 9.59 Å². The lowest BCUT2D eigenvalue weighted by molar-refractivity contribution is 0.0993. The molecule has 0 spiro atoms. The van der Waals surface area contributed by atoms with Crippen LogP contribution < -0.4 is 5.73 Å². The zero-order valence-electron chi connectivity index (χ0n) is 7.00. The number of aryl methyl sites for hydroxylation is 1. The maximum atomic E-state index is 10.9. The monoisotopic (exact) mass is 289 g/mol. The Morgan fingerprint density at radius 3 is 2.62 bits per heavy atom. The predicted octanol–water partition coefficient (Wildman–Crippen LogP) is 1.51.